The molecule has 0 saturated carbocycles. The number of nitrogens with two attached hydrogens (primary N) is 1. The quantitative estimate of drug-likeness (QED) is 0.626. The van der Waals surface area contributed by atoms with Crippen molar-refractivity contribution in [2.75, 3.05) is 13.7 Å². The van der Waals surface area contributed by atoms with E-state index in [2.05, 4.69) is 39.7 Å². The average molecular weight is 293 g/mol. The smallest absolute Gasteiger partial charge is 0.0701 e. The maximum absolute atomic E-state index is 5.59. The minimum Gasteiger partial charge on any atom is -0.385 e. The van der Waals surface area contributed by atoms with Crippen molar-refractivity contribution in [3.63, 3.8) is 0 Å². The van der Waals surface area contributed by atoms with Crippen molar-refractivity contribution in [3.05, 3.63) is 20.8 Å². The molecule has 1 rings (SSSR count). The second kappa shape index (κ2) is 6.60. The highest BCUT2D eigenvalue weighted by Gasteiger charge is 2.18. The molecule has 1 heterocycles. The Morgan fingerprint density at radius 2 is 2.40 bits per heavy atom. The van der Waals surface area contributed by atoms with Gasteiger partial charge < -0.3 is 4.74 Å². The topological polar surface area (TPSA) is 47.3 Å². The molecule has 1 aromatic heterocycles. The lowest BCUT2D eigenvalue weighted by atomic mass is 9.94. The molecule has 1 aromatic rings. The number of halogens is 1. The monoisotopic (exact) mass is 292 g/mol. The van der Waals surface area contributed by atoms with E-state index >= 15 is 0 Å². The van der Waals surface area contributed by atoms with E-state index in [4.69, 9.17) is 10.6 Å². The molecule has 3 N–H and O–H groups in total. The maximum Gasteiger partial charge on any atom is 0.0701 e. The molecular weight excluding hydrogens is 276 g/mol. The summed E-state index contributed by atoms with van der Waals surface area (Å²) in [6, 6.07) is 2.31. The van der Waals surface area contributed by atoms with Gasteiger partial charge in [0.2, 0.25) is 0 Å². The van der Waals surface area contributed by atoms with E-state index in [9.17, 15) is 0 Å². The van der Waals surface area contributed by atoms with Gasteiger partial charge in [0.15, 0.2) is 0 Å². The minimum atomic E-state index is 0.197. The summed E-state index contributed by atoms with van der Waals surface area (Å²) in [5.74, 6) is 6.04. The van der Waals surface area contributed by atoms with Crippen LogP contribution in [0.5, 0.6) is 0 Å². The van der Waals surface area contributed by atoms with Crippen molar-refractivity contribution in [3.8, 4) is 0 Å². The Hall–Kier alpha value is 0.0600. The van der Waals surface area contributed by atoms with Crippen LogP contribution in [-0.4, -0.2) is 13.7 Å². The van der Waals surface area contributed by atoms with Gasteiger partial charge in [-0.25, -0.2) is 0 Å². The molecule has 0 radical (unpaired) electrons. The Morgan fingerprint density at radius 1 is 1.67 bits per heavy atom. The third kappa shape index (κ3) is 3.85. The van der Waals surface area contributed by atoms with E-state index in [1.807, 2.05) is 0 Å². The van der Waals surface area contributed by atoms with Gasteiger partial charge in [0, 0.05) is 19.8 Å². The van der Waals surface area contributed by atoms with Gasteiger partial charge in [-0.05, 0) is 45.3 Å². The van der Waals surface area contributed by atoms with Gasteiger partial charge in [0.1, 0.15) is 0 Å². The number of rotatable bonds is 6. The van der Waals surface area contributed by atoms with Gasteiger partial charge >= 0.3 is 0 Å². The summed E-state index contributed by atoms with van der Waals surface area (Å²) >= 11 is 5.14. The van der Waals surface area contributed by atoms with Crippen LogP contribution in [0.1, 0.15) is 24.9 Å². The summed E-state index contributed by atoms with van der Waals surface area (Å²) in [4.78, 5) is 0. The van der Waals surface area contributed by atoms with Crippen molar-refractivity contribution < 1.29 is 4.74 Å². The third-order valence-electron chi connectivity index (χ3n) is 2.47. The van der Waals surface area contributed by atoms with Crippen LogP contribution in [0.25, 0.3) is 0 Å². The lowest BCUT2D eigenvalue weighted by Crippen LogP contribution is -2.32. The van der Waals surface area contributed by atoms with Crippen LogP contribution in [-0.2, 0) is 4.74 Å². The van der Waals surface area contributed by atoms with Gasteiger partial charge in [-0.2, -0.15) is 0 Å². The molecule has 0 aliphatic carbocycles. The molecule has 0 amide bonds. The molecule has 2 unspecified atom stereocenters. The zero-order valence-corrected chi connectivity index (χ0v) is 11.4. The zero-order valence-electron chi connectivity index (χ0n) is 9.00. The van der Waals surface area contributed by atoms with Gasteiger partial charge in [-0.1, -0.05) is 6.92 Å². The van der Waals surface area contributed by atoms with E-state index in [0.29, 0.717) is 5.92 Å². The summed E-state index contributed by atoms with van der Waals surface area (Å²) in [7, 11) is 1.72. The van der Waals surface area contributed by atoms with Crippen LogP contribution >= 0.6 is 27.3 Å². The predicted molar refractivity (Wildman–Crippen MR) is 67.7 cm³/mol. The number of thiophene rings is 1. The van der Waals surface area contributed by atoms with Crippen molar-refractivity contribution in [1.82, 2.24) is 5.43 Å². The molecule has 5 heteroatoms. The van der Waals surface area contributed by atoms with Crippen molar-refractivity contribution in [1.29, 1.82) is 0 Å². The number of hydrogen-bond donors (Lipinski definition) is 2. The summed E-state index contributed by atoms with van der Waals surface area (Å²) in [5.41, 5.74) is 4.10. The second-order valence-electron chi connectivity index (χ2n) is 3.59. The lowest BCUT2D eigenvalue weighted by Gasteiger charge is -2.22. The Kier molecular flexibility index (Phi) is 5.78. The number of hydrogen-bond acceptors (Lipinski definition) is 4. The molecule has 3 nitrogen and oxygen atoms in total. The SMILES string of the molecule is COCCC(C)C(NN)c1csc(Br)c1. The highest BCUT2D eigenvalue weighted by atomic mass is 79.9. The van der Waals surface area contributed by atoms with Crippen molar-refractivity contribution in [2.24, 2.45) is 11.8 Å². The predicted octanol–water partition coefficient (Wildman–Crippen LogP) is 2.69. The van der Waals surface area contributed by atoms with Crippen LogP contribution in [0.4, 0.5) is 0 Å². The molecule has 2 atom stereocenters. The average Bonchev–Trinajstić information content (AvgIpc) is 2.63. The Morgan fingerprint density at radius 3 is 2.87 bits per heavy atom. The molecule has 0 fully saturated rings. The van der Waals surface area contributed by atoms with Gasteiger partial charge in [-0.3, -0.25) is 11.3 Å². The fourth-order valence-corrected chi connectivity index (χ4v) is 2.76. The largest absolute Gasteiger partial charge is 0.385 e. The molecule has 86 valence electrons. The molecule has 15 heavy (non-hydrogen) atoms. The minimum absolute atomic E-state index is 0.197. The van der Waals surface area contributed by atoms with Crippen LogP contribution in [0, 0.1) is 5.92 Å². The van der Waals surface area contributed by atoms with E-state index < -0.39 is 0 Å². The fourth-order valence-electron chi connectivity index (χ4n) is 1.55. The van der Waals surface area contributed by atoms with E-state index in [0.717, 1.165) is 16.8 Å². The number of nitrogens with one attached hydrogen (secondary N) is 1. The first kappa shape index (κ1) is 13.1. The molecular formula is C10H17BrN2OS. The van der Waals surface area contributed by atoms with Crippen molar-refractivity contribution in [2.45, 2.75) is 19.4 Å². The highest BCUT2D eigenvalue weighted by Crippen LogP contribution is 2.30. The normalized spacial score (nSPS) is 15.2. The number of ether oxygens (including phenoxy) is 1. The standard InChI is InChI=1S/C10H17BrN2OS/c1-7(3-4-14-2)10(13-12)8-5-9(11)15-6-8/h5-7,10,13H,3-4,12H2,1-2H3. The van der Waals surface area contributed by atoms with Gasteiger partial charge in [-0.15, -0.1) is 11.3 Å². The fraction of sp³-hybridized carbons (Fsp3) is 0.600. The third-order valence-corrected chi connectivity index (χ3v) is 4.00. The van der Waals surface area contributed by atoms with Crippen LogP contribution in [0.15, 0.2) is 15.2 Å². The summed E-state index contributed by atoms with van der Waals surface area (Å²) < 4.78 is 6.21. The first-order valence-electron chi connectivity index (χ1n) is 4.88. The highest BCUT2D eigenvalue weighted by molar-refractivity contribution is 9.11. The summed E-state index contributed by atoms with van der Waals surface area (Å²) in [6.45, 7) is 2.94. The summed E-state index contributed by atoms with van der Waals surface area (Å²) in [6.07, 6.45) is 0.999. The first-order chi connectivity index (χ1) is 7.19. The molecule has 0 aliphatic heterocycles. The van der Waals surface area contributed by atoms with E-state index in [1.54, 1.807) is 18.4 Å². The van der Waals surface area contributed by atoms with Crippen molar-refractivity contribution >= 4 is 27.3 Å². The zero-order chi connectivity index (χ0) is 11.3. The van der Waals surface area contributed by atoms with E-state index in [1.165, 1.54) is 5.56 Å². The van der Waals surface area contributed by atoms with Gasteiger partial charge in [0.05, 0.1) is 3.79 Å². The molecule has 0 aliphatic rings. The van der Waals surface area contributed by atoms with E-state index in [-0.39, 0.29) is 6.04 Å². The Balaban J connectivity index is 2.62. The number of methoxy groups -OCH3 is 1. The summed E-state index contributed by atoms with van der Waals surface area (Å²) in [5, 5.41) is 2.12. The first-order valence-corrected chi connectivity index (χ1v) is 6.55. The molecule has 0 bridgehead atoms. The van der Waals surface area contributed by atoms with Crippen LogP contribution in [0.2, 0.25) is 0 Å². The molecule has 0 spiro atoms. The van der Waals surface area contributed by atoms with Gasteiger partial charge in [0.25, 0.3) is 0 Å². The molecule has 0 saturated heterocycles. The lowest BCUT2D eigenvalue weighted by molar-refractivity contribution is 0.170. The second-order valence-corrected chi connectivity index (χ2v) is 5.88. The number of hydrazine groups is 1. The van der Waals surface area contributed by atoms with Crippen LogP contribution in [0.3, 0.4) is 0 Å². The molecule has 0 aromatic carbocycles. The Labute approximate surface area is 103 Å². The Bertz CT molecular complexity index is 293. The maximum atomic E-state index is 5.59. The van der Waals surface area contributed by atoms with Crippen LogP contribution < -0.4 is 11.3 Å².